The van der Waals surface area contributed by atoms with E-state index in [1.165, 1.54) is 11.1 Å². The molecule has 8 heteroatoms. The molecule has 184 valence electrons. The molecule has 1 heterocycles. The first-order chi connectivity index (χ1) is 17.0. The zero-order chi connectivity index (χ0) is 24.4. The Morgan fingerprint density at radius 3 is 2.29 bits per heavy atom. The molecule has 0 bridgehead atoms. The molecule has 2 aromatic carbocycles. The maximum Gasteiger partial charge on any atom is 0.407 e. The number of hydrogen-bond acceptors (Lipinski definition) is 5. The number of carbonyl (C=O) groups is 3. The molecule has 3 N–H and O–H groups in total. The van der Waals surface area contributed by atoms with Crippen LogP contribution >= 0.6 is 0 Å². The molecule has 0 aromatic heterocycles. The molecule has 3 aliphatic rings. The maximum absolute atomic E-state index is 12.7. The fourth-order valence-electron chi connectivity index (χ4n) is 5.46. The van der Waals surface area contributed by atoms with Crippen LogP contribution in [0.3, 0.4) is 0 Å². The molecule has 2 amide bonds. The Bertz CT molecular complexity index is 1080. The van der Waals surface area contributed by atoms with Crippen LogP contribution in [0.4, 0.5) is 4.79 Å². The van der Waals surface area contributed by atoms with Gasteiger partial charge in [-0.1, -0.05) is 48.5 Å². The Morgan fingerprint density at radius 1 is 1.03 bits per heavy atom. The van der Waals surface area contributed by atoms with E-state index in [-0.39, 0.29) is 36.8 Å². The minimum Gasteiger partial charge on any atom is -0.480 e. The summed E-state index contributed by atoms with van der Waals surface area (Å²) in [6.07, 6.45) is 1.79. The third-order valence-electron chi connectivity index (χ3n) is 7.56. The van der Waals surface area contributed by atoms with E-state index in [9.17, 15) is 19.5 Å². The number of benzene rings is 2. The highest BCUT2D eigenvalue weighted by molar-refractivity contribution is 5.88. The molecule has 1 saturated heterocycles. The summed E-state index contributed by atoms with van der Waals surface area (Å²) in [4.78, 5) is 36.9. The Morgan fingerprint density at radius 2 is 1.69 bits per heavy atom. The second-order valence-corrected chi connectivity index (χ2v) is 9.69. The van der Waals surface area contributed by atoms with Crippen molar-refractivity contribution in [1.82, 2.24) is 10.6 Å². The van der Waals surface area contributed by atoms with Gasteiger partial charge in [0.15, 0.2) is 0 Å². The second-order valence-electron chi connectivity index (χ2n) is 9.69. The van der Waals surface area contributed by atoms with Crippen LogP contribution in [0.2, 0.25) is 0 Å². The van der Waals surface area contributed by atoms with Gasteiger partial charge in [-0.05, 0) is 47.9 Å². The number of aliphatic carboxylic acids is 1. The molecule has 5 rings (SSSR count). The Hall–Kier alpha value is -3.39. The van der Waals surface area contributed by atoms with E-state index in [2.05, 4.69) is 34.9 Å². The van der Waals surface area contributed by atoms with Gasteiger partial charge in [0, 0.05) is 30.9 Å². The summed E-state index contributed by atoms with van der Waals surface area (Å²) in [7, 11) is 0. The lowest BCUT2D eigenvalue weighted by atomic mass is 9.76. The van der Waals surface area contributed by atoms with Crippen molar-refractivity contribution < 1.29 is 29.0 Å². The van der Waals surface area contributed by atoms with E-state index in [4.69, 9.17) is 9.47 Å². The fourth-order valence-corrected chi connectivity index (χ4v) is 5.46. The van der Waals surface area contributed by atoms with Crippen LogP contribution in [0.15, 0.2) is 48.5 Å². The predicted octanol–water partition coefficient (Wildman–Crippen LogP) is 3.44. The monoisotopic (exact) mass is 478 g/mol. The highest BCUT2D eigenvalue weighted by Gasteiger charge is 2.46. The molecule has 2 atom stereocenters. The van der Waals surface area contributed by atoms with Gasteiger partial charge >= 0.3 is 12.1 Å². The van der Waals surface area contributed by atoms with E-state index in [1.807, 2.05) is 24.3 Å². The third kappa shape index (κ3) is 4.62. The van der Waals surface area contributed by atoms with Crippen molar-refractivity contribution in [1.29, 1.82) is 0 Å². The third-order valence-corrected chi connectivity index (χ3v) is 7.56. The number of carbonyl (C=O) groups excluding carboxylic acids is 2. The highest BCUT2D eigenvalue weighted by Crippen LogP contribution is 2.44. The van der Waals surface area contributed by atoms with Crippen LogP contribution in [0.1, 0.15) is 49.1 Å². The Kier molecular flexibility index (Phi) is 6.47. The van der Waals surface area contributed by atoms with Crippen LogP contribution in [0.25, 0.3) is 11.1 Å². The summed E-state index contributed by atoms with van der Waals surface area (Å²) in [5, 5.41) is 15.1. The summed E-state index contributed by atoms with van der Waals surface area (Å²) >= 11 is 0. The first-order valence-corrected chi connectivity index (χ1v) is 12.2. The number of fused-ring (bicyclic) bond motifs is 3. The molecule has 2 fully saturated rings. The molecular formula is C27H30N2O6. The van der Waals surface area contributed by atoms with Crippen molar-refractivity contribution in [3.63, 3.8) is 0 Å². The Balaban J connectivity index is 1.18. The van der Waals surface area contributed by atoms with Gasteiger partial charge in [-0.15, -0.1) is 0 Å². The van der Waals surface area contributed by atoms with E-state index in [1.54, 1.807) is 0 Å². The van der Waals surface area contributed by atoms with Crippen molar-refractivity contribution >= 4 is 18.0 Å². The number of carboxylic acids is 1. The van der Waals surface area contributed by atoms with Crippen molar-refractivity contribution in [3.8, 4) is 11.1 Å². The second kappa shape index (κ2) is 9.70. The highest BCUT2D eigenvalue weighted by atomic mass is 16.5. The van der Waals surface area contributed by atoms with Gasteiger partial charge < -0.3 is 25.2 Å². The van der Waals surface area contributed by atoms with Gasteiger partial charge in [-0.3, -0.25) is 4.79 Å². The van der Waals surface area contributed by atoms with E-state index in [0.717, 1.165) is 17.5 Å². The lowest BCUT2D eigenvalue weighted by Crippen LogP contribution is -2.59. The Labute approximate surface area is 204 Å². The molecule has 0 radical (unpaired) electrons. The number of amides is 2. The zero-order valence-electron chi connectivity index (χ0n) is 19.5. The average Bonchev–Trinajstić information content (AvgIpc) is 3.15. The van der Waals surface area contributed by atoms with Crippen LogP contribution in [-0.4, -0.2) is 54.5 Å². The molecule has 1 saturated carbocycles. The van der Waals surface area contributed by atoms with Crippen molar-refractivity contribution in [2.45, 2.75) is 49.6 Å². The van der Waals surface area contributed by atoms with E-state index < -0.39 is 17.6 Å². The van der Waals surface area contributed by atoms with E-state index >= 15 is 0 Å². The van der Waals surface area contributed by atoms with Gasteiger partial charge in [-0.25, -0.2) is 9.59 Å². The standard InChI is InChI=1S/C27H30N2O6/c30-24(29-27(25(31)32)11-5-12-27)14-17-15-34-13-10-23(17)28-26(33)35-16-22-20-8-3-1-6-18(20)19-7-2-4-9-21(19)22/h1-4,6-9,17,22-23H,5,10-16H2,(H,28,33)(H,29,30)(H,31,32). The number of alkyl carbamates (subject to hydrolysis) is 1. The molecule has 35 heavy (non-hydrogen) atoms. The van der Waals surface area contributed by atoms with Crippen LogP contribution in [-0.2, 0) is 19.1 Å². The van der Waals surface area contributed by atoms with Crippen LogP contribution < -0.4 is 10.6 Å². The normalized spacial score (nSPS) is 22.3. The quantitative estimate of drug-likeness (QED) is 0.562. The lowest BCUT2D eigenvalue weighted by molar-refractivity contribution is -0.152. The summed E-state index contributed by atoms with van der Waals surface area (Å²) in [5.41, 5.74) is 3.47. The van der Waals surface area contributed by atoms with Crippen molar-refractivity contribution in [2.75, 3.05) is 19.8 Å². The summed E-state index contributed by atoms with van der Waals surface area (Å²) < 4.78 is 11.2. The molecule has 2 aromatic rings. The first kappa shape index (κ1) is 23.4. The SMILES string of the molecule is O=C(CC1COCCC1NC(=O)OCC1c2ccccc2-c2ccccc21)NC1(C(=O)O)CCC1. The number of carboxylic acid groups (broad SMARTS) is 1. The first-order valence-electron chi connectivity index (χ1n) is 12.2. The van der Waals surface area contributed by atoms with Crippen LogP contribution in [0, 0.1) is 5.92 Å². The van der Waals surface area contributed by atoms with Gasteiger partial charge in [0.05, 0.1) is 6.61 Å². The molecule has 2 aliphatic carbocycles. The fraction of sp³-hybridized carbons (Fsp3) is 0.444. The summed E-state index contributed by atoms with van der Waals surface area (Å²) in [5.74, 6) is -1.61. The van der Waals surface area contributed by atoms with Crippen LogP contribution in [0.5, 0.6) is 0 Å². The van der Waals surface area contributed by atoms with E-state index in [0.29, 0.717) is 32.5 Å². The van der Waals surface area contributed by atoms with Gasteiger partial charge in [0.2, 0.25) is 5.91 Å². The van der Waals surface area contributed by atoms with Gasteiger partial charge in [0.25, 0.3) is 0 Å². The summed E-state index contributed by atoms with van der Waals surface area (Å²) in [6.45, 7) is 1.02. The molecule has 1 aliphatic heterocycles. The average molecular weight is 479 g/mol. The minimum absolute atomic E-state index is 0.0286. The lowest BCUT2D eigenvalue weighted by Gasteiger charge is -2.39. The predicted molar refractivity (Wildman–Crippen MR) is 128 cm³/mol. The van der Waals surface area contributed by atoms with Crippen molar-refractivity contribution in [2.24, 2.45) is 5.92 Å². The number of rotatable bonds is 7. The topological polar surface area (TPSA) is 114 Å². The molecule has 2 unspecified atom stereocenters. The smallest absolute Gasteiger partial charge is 0.407 e. The minimum atomic E-state index is -1.15. The number of hydrogen-bond donors (Lipinski definition) is 3. The zero-order valence-corrected chi connectivity index (χ0v) is 19.5. The van der Waals surface area contributed by atoms with Crippen molar-refractivity contribution in [3.05, 3.63) is 59.7 Å². The maximum atomic E-state index is 12.7. The van der Waals surface area contributed by atoms with Gasteiger partial charge in [-0.2, -0.15) is 0 Å². The molecular weight excluding hydrogens is 448 g/mol. The molecule has 0 spiro atoms. The summed E-state index contributed by atoms with van der Waals surface area (Å²) in [6, 6.07) is 16.0. The molecule has 8 nitrogen and oxygen atoms in total. The largest absolute Gasteiger partial charge is 0.480 e. The van der Waals surface area contributed by atoms with Gasteiger partial charge in [0.1, 0.15) is 12.1 Å². The number of nitrogens with one attached hydrogen (secondary N) is 2. The number of ether oxygens (including phenoxy) is 2.